The summed E-state index contributed by atoms with van der Waals surface area (Å²) in [5, 5.41) is 37.0. The van der Waals surface area contributed by atoms with Crippen LogP contribution in [0.3, 0.4) is 0 Å². The van der Waals surface area contributed by atoms with Crippen molar-refractivity contribution in [2.24, 2.45) is 0 Å². The van der Waals surface area contributed by atoms with Crippen LogP contribution in [-0.2, 0) is 0 Å². The molecule has 0 atom stereocenters. The van der Waals surface area contributed by atoms with Crippen LogP contribution in [-0.4, -0.2) is 44.3 Å². The summed E-state index contributed by atoms with van der Waals surface area (Å²) in [6.07, 6.45) is 0. The minimum absolute atomic E-state index is 0.147. The second-order valence-corrected chi connectivity index (χ2v) is 10.1. The molecule has 0 spiro atoms. The monoisotopic (exact) mass is 606 g/mol. The van der Waals surface area contributed by atoms with Crippen molar-refractivity contribution in [3.63, 3.8) is 0 Å². The predicted octanol–water partition coefficient (Wildman–Crippen LogP) is 6.61. The Bertz CT molecular complexity index is 1920. The molecule has 4 N–H and O–H groups in total. The van der Waals surface area contributed by atoms with E-state index in [1.807, 2.05) is 72.8 Å². The summed E-state index contributed by atoms with van der Waals surface area (Å²) >= 11 is 0. The summed E-state index contributed by atoms with van der Waals surface area (Å²) in [5.74, 6) is 6.65. The second-order valence-electron chi connectivity index (χ2n) is 10.1. The van der Waals surface area contributed by atoms with E-state index in [1.54, 1.807) is 0 Å². The van der Waals surface area contributed by atoms with Crippen LogP contribution in [0.15, 0.2) is 109 Å². The van der Waals surface area contributed by atoms with Gasteiger partial charge in [-0.25, -0.2) is 19.2 Å². The van der Waals surface area contributed by atoms with Gasteiger partial charge in [-0.3, -0.25) is 0 Å². The summed E-state index contributed by atoms with van der Waals surface area (Å²) in [4.78, 5) is 45.3. The topological polar surface area (TPSA) is 149 Å². The van der Waals surface area contributed by atoms with Crippen molar-refractivity contribution in [2.75, 3.05) is 0 Å². The van der Waals surface area contributed by atoms with Crippen molar-refractivity contribution in [2.45, 2.75) is 0 Å². The fourth-order valence-corrected chi connectivity index (χ4v) is 4.53. The molecule has 0 aliphatic heterocycles. The average molecular weight is 607 g/mol. The molecule has 222 valence electrons. The van der Waals surface area contributed by atoms with E-state index in [9.17, 15) is 39.6 Å². The molecule has 5 rings (SSSR count). The maximum Gasteiger partial charge on any atom is 0.335 e. The Labute approximate surface area is 262 Å². The third kappa shape index (κ3) is 7.35. The highest BCUT2D eigenvalue weighted by Gasteiger charge is 2.12. The Morgan fingerprint density at radius 2 is 0.543 bits per heavy atom. The summed E-state index contributed by atoms with van der Waals surface area (Å²) < 4.78 is 0. The zero-order chi connectivity index (χ0) is 32.8. The zero-order valence-corrected chi connectivity index (χ0v) is 23.8. The van der Waals surface area contributed by atoms with Crippen molar-refractivity contribution in [3.8, 4) is 45.9 Å². The highest BCUT2D eigenvalue weighted by molar-refractivity contribution is 5.95. The van der Waals surface area contributed by atoms with Crippen molar-refractivity contribution < 1.29 is 39.6 Å². The molecule has 0 unspecified atom stereocenters. The van der Waals surface area contributed by atoms with Crippen LogP contribution in [0.5, 0.6) is 0 Å². The van der Waals surface area contributed by atoms with Crippen molar-refractivity contribution in [3.05, 3.63) is 154 Å². The van der Waals surface area contributed by atoms with Gasteiger partial charge in [0.05, 0.1) is 22.3 Å². The van der Waals surface area contributed by atoms with Gasteiger partial charge in [-0.05, 0) is 82.9 Å². The Morgan fingerprint density at radius 3 is 0.783 bits per heavy atom. The van der Waals surface area contributed by atoms with Crippen molar-refractivity contribution in [1.29, 1.82) is 0 Å². The van der Waals surface area contributed by atoms with Crippen molar-refractivity contribution in [1.82, 2.24) is 0 Å². The molecule has 0 radical (unpaired) electrons. The lowest BCUT2D eigenvalue weighted by Crippen LogP contribution is -2.03. The van der Waals surface area contributed by atoms with Gasteiger partial charge in [0.2, 0.25) is 0 Å². The number of carbonyl (C=O) groups is 4. The van der Waals surface area contributed by atoms with Gasteiger partial charge in [0.1, 0.15) is 0 Å². The van der Waals surface area contributed by atoms with Crippen LogP contribution >= 0.6 is 0 Å². The molecule has 0 saturated carbocycles. The Hall–Kier alpha value is -6.90. The number of hydrogen-bond acceptors (Lipinski definition) is 4. The number of aromatic carboxylic acids is 4. The zero-order valence-electron chi connectivity index (χ0n) is 23.8. The minimum Gasteiger partial charge on any atom is -0.478 e. The fraction of sp³-hybridized carbons (Fsp3) is 0. The molecule has 5 aromatic carbocycles. The molecule has 8 heteroatoms. The average Bonchev–Trinajstić information content (AvgIpc) is 3.06. The van der Waals surface area contributed by atoms with Crippen LogP contribution in [0.4, 0.5) is 0 Å². The molecule has 0 bridgehead atoms. The highest BCUT2D eigenvalue weighted by atomic mass is 16.4. The summed E-state index contributed by atoms with van der Waals surface area (Å²) in [6.45, 7) is 0. The van der Waals surface area contributed by atoms with Crippen LogP contribution in [0.25, 0.3) is 22.3 Å². The van der Waals surface area contributed by atoms with Gasteiger partial charge >= 0.3 is 23.9 Å². The molecule has 5 aromatic rings. The lowest BCUT2D eigenvalue weighted by atomic mass is 9.99. The smallest absolute Gasteiger partial charge is 0.335 e. The molecule has 0 amide bonds. The number of carboxylic acids is 4. The van der Waals surface area contributed by atoms with Crippen molar-refractivity contribution >= 4 is 23.9 Å². The normalized spacial score (nSPS) is 10.1. The lowest BCUT2D eigenvalue weighted by Gasteiger charge is -2.06. The number of carboxylic acid groups (broad SMARTS) is 4. The van der Waals surface area contributed by atoms with Crippen LogP contribution in [0, 0.1) is 23.7 Å². The summed E-state index contributed by atoms with van der Waals surface area (Å²) in [7, 11) is 0. The maximum atomic E-state index is 11.3. The highest BCUT2D eigenvalue weighted by Crippen LogP contribution is 2.25. The van der Waals surface area contributed by atoms with E-state index < -0.39 is 23.9 Å². The second kappa shape index (κ2) is 13.2. The first-order valence-corrected chi connectivity index (χ1v) is 13.6. The molecule has 0 fully saturated rings. The van der Waals surface area contributed by atoms with E-state index >= 15 is 0 Å². The third-order valence-electron chi connectivity index (χ3n) is 6.88. The van der Waals surface area contributed by atoms with Crippen LogP contribution < -0.4 is 0 Å². The van der Waals surface area contributed by atoms with Crippen LogP contribution in [0.1, 0.15) is 63.7 Å². The summed E-state index contributed by atoms with van der Waals surface area (Å²) in [6, 6.07) is 30.4. The first kappa shape index (κ1) is 30.6. The Morgan fingerprint density at radius 1 is 0.326 bits per heavy atom. The molecular formula is C38H22O8. The number of rotatable bonds is 6. The maximum absolute atomic E-state index is 11.3. The number of hydrogen-bond donors (Lipinski definition) is 4. The fourth-order valence-electron chi connectivity index (χ4n) is 4.53. The predicted molar refractivity (Wildman–Crippen MR) is 170 cm³/mol. The molecule has 0 aromatic heterocycles. The molecule has 0 heterocycles. The van der Waals surface area contributed by atoms with Gasteiger partial charge in [-0.1, -0.05) is 72.2 Å². The molecular weight excluding hydrogens is 584 g/mol. The van der Waals surface area contributed by atoms with E-state index in [1.165, 1.54) is 24.3 Å². The Kier molecular flexibility index (Phi) is 8.75. The molecule has 46 heavy (non-hydrogen) atoms. The first-order valence-electron chi connectivity index (χ1n) is 13.6. The van der Waals surface area contributed by atoms with Gasteiger partial charge in [0.15, 0.2) is 0 Å². The minimum atomic E-state index is -1.23. The van der Waals surface area contributed by atoms with E-state index in [0.717, 1.165) is 34.4 Å². The molecule has 8 nitrogen and oxygen atoms in total. The van der Waals surface area contributed by atoms with Gasteiger partial charge in [0.25, 0.3) is 0 Å². The van der Waals surface area contributed by atoms with Crippen LogP contribution in [0.2, 0.25) is 0 Å². The van der Waals surface area contributed by atoms with E-state index in [2.05, 4.69) is 23.7 Å². The van der Waals surface area contributed by atoms with Gasteiger partial charge in [0, 0.05) is 22.3 Å². The molecule has 0 aliphatic rings. The molecule has 0 saturated heterocycles. The standard InChI is InChI=1S/C38H22O8/c39-35(40)31-17-25(18-32(21-31)36(41)42)3-1-23-5-9-27(10-6-23)29-13-15-30(16-14-29)28-11-7-24(8-12-28)2-4-26-19-33(37(43)44)22-34(20-26)38(45)46/h5-22H,(H,39,40)(H,41,42)(H,43,44)(H,45,46). The quantitative estimate of drug-likeness (QED) is 0.158. The number of benzene rings is 5. The van der Waals surface area contributed by atoms with E-state index in [4.69, 9.17) is 0 Å². The summed E-state index contributed by atoms with van der Waals surface area (Å²) in [5.41, 5.74) is 5.23. The Balaban J connectivity index is 1.28. The van der Waals surface area contributed by atoms with Gasteiger partial charge < -0.3 is 20.4 Å². The lowest BCUT2D eigenvalue weighted by molar-refractivity contribution is 0.0676. The van der Waals surface area contributed by atoms with Gasteiger partial charge in [-0.2, -0.15) is 0 Å². The van der Waals surface area contributed by atoms with E-state index in [0.29, 0.717) is 11.1 Å². The SMILES string of the molecule is O=C(O)c1cc(C#Cc2ccc(-c3ccc(-c4ccc(C#Cc5cc(C(=O)O)cc(C(=O)O)c5)cc4)cc3)cc2)cc(C(=O)O)c1. The largest absolute Gasteiger partial charge is 0.478 e. The third-order valence-corrected chi connectivity index (χ3v) is 6.88. The van der Waals surface area contributed by atoms with Gasteiger partial charge in [-0.15, -0.1) is 0 Å². The molecule has 0 aliphatic carbocycles. The van der Waals surface area contributed by atoms with E-state index in [-0.39, 0.29) is 33.4 Å². The first-order chi connectivity index (χ1) is 22.0.